The molecular weight excluding hydrogens is 289 g/mol. The van der Waals surface area contributed by atoms with Crippen molar-refractivity contribution in [2.75, 3.05) is 6.61 Å². The molecule has 0 saturated carbocycles. The molecule has 120 valence electrons. The highest BCUT2D eigenvalue weighted by atomic mass is 19.1. The molecule has 1 aromatic rings. The van der Waals surface area contributed by atoms with Gasteiger partial charge in [-0.05, 0) is 44.0 Å². The number of aliphatic carboxylic acids is 1. The van der Waals surface area contributed by atoms with Crippen molar-refractivity contribution in [2.24, 2.45) is 0 Å². The summed E-state index contributed by atoms with van der Waals surface area (Å²) in [4.78, 5) is 22.7. The molecule has 0 radical (unpaired) electrons. The van der Waals surface area contributed by atoms with Crippen LogP contribution in [-0.4, -0.2) is 29.6 Å². The number of ether oxygens (including phenoxy) is 1. The zero-order valence-electron chi connectivity index (χ0n) is 12.4. The molecule has 1 unspecified atom stereocenters. The minimum Gasteiger partial charge on any atom is -0.494 e. The van der Waals surface area contributed by atoms with Gasteiger partial charge in [-0.3, -0.25) is 4.79 Å². The number of nitrogens with one attached hydrogen (secondary N) is 1. The molecule has 0 bridgehead atoms. The molecule has 1 aromatic carbocycles. The lowest BCUT2D eigenvalue weighted by molar-refractivity contribution is -0.141. The zero-order valence-corrected chi connectivity index (χ0v) is 12.4. The van der Waals surface area contributed by atoms with Gasteiger partial charge in [-0.2, -0.15) is 0 Å². The van der Waals surface area contributed by atoms with Crippen molar-refractivity contribution in [3.05, 3.63) is 42.2 Å². The number of benzene rings is 1. The van der Waals surface area contributed by atoms with E-state index in [-0.39, 0.29) is 24.6 Å². The molecule has 0 heterocycles. The lowest BCUT2D eigenvalue weighted by Crippen LogP contribution is -2.40. The molecule has 0 aromatic heterocycles. The SMILES string of the molecule is C/C=C/CC(NC(=O)CCCOc1ccc(F)cc1)C(=O)O. The number of hydrogen-bond acceptors (Lipinski definition) is 3. The Labute approximate surface area is 128 Å². The highest BCUT2D eigenvalue weighted by molar-refractivity contribution is 5.83. The Morgan fingerprint density at radius 1 is 1.36 bits per heavy atom. The first-order valence-electron chi connectivity index (χ1n) is 7.04. The van der Waals surface area contributed by atoms with E-state index >= 15 is 0 Å². The number of amides is 1. The Morgan fingerprint density at radius 2 is 2.05 bits per heavy atom. The lowest BCUT2D eigenvalue weighted by atomic mass is 10.2. The van der Waals surface area contributed by atoms with Crippen molar-refractivity contribution in [3.63, 3.8) is 0 Å². The summed E-state index contributed by atoms with van der Waals surface area (Å²) in [6.07, 6.45) is 4.29. The third kappa shape index (κ3) is 6.88. The number of carboxylic acid groups (broad SMARTS) is 1. The quantitative estimate of drug-likeness (QED) is 0.543. The largest absolute Gasteiger partial charge is 0.494 e. The van der Waals surface area contributed by atoms with Gasteiger partial charge in [-0.25, -0.2) is 9.18 Å². The number of halogens is 1. The van der Waals surface area contributed by atoms with Crippen LogP contribution in [0.3, 0.4) is 0 Å². The molecular formula is C16H20FNO4. The molecule has 1 atom stereocenters. The normalized spacial score (nSPS) is 12.1. The van der Waals surface area contributed by atoms with Crippen molar-refractivity contribution in [1.82, 2.24) is 5.32 Å². The fraction of sp³-hybridized carbons (Fsp3) is 0.375. The maximum atomic E-state index is 12.7. The molecule has 2 N–H and O–H groups in total. The molecule has 0 aliphatic rings. The predicted molar refractivity (Wildman–Crippen MR) is 80.1 cm³/mol. The third-order valence-corrected chi connectivity index (χ3v) is 2.87. The summed E-state index contributed by atoms with van der Waals surface area (Å²) < 4.78 is 18.0. The Bertz CT molecular complexity index is 513. The summed E-state index contributed by atoms with van der Waals surface area (Å²) in [6.45, 7) is 2.08. The van der Waals surface area contributed by atoms with Crippen molar-refractivity contribution in [3.8, 4) is 5.75 Å². The Kier molecular flexibility index (Phi) is 7.67. The van der Waals surface area contributed by atoms with Gasteiger partial charge in [0.25, 0.3) is 0 Å². The van der Waals surface area contributed by atoms with E-state index in [0.717, 1.165) is 0 Å². The van der Waals surface area contributed by atoms with E-state index in [4.69, 9.17) is 9.84 Å². The Hall–Kier alpha value is -2.37. The number of carbonyl (C=O) groups is 2. The van der Waals surface area contributed by atoms with E-state index in [9.17, 15) is 14.0 Å². The first-order chi connectivity index (χ1) is 10.5. The number of allylic oxidation sites excluding steroid dienone is 1. The standard InChI is InChI=1S/C16H20FNO4/c1-2-3-5-14(16(20)21)18-15(19)6-4-11-22-13-9-7-12(17)8-10-13/h2-3,7-10,14H,4-6,11H2,1H3,(H,18,19)(H,20,21)/b3-2+. The van der Waals surface area contributed by atoms with Crippen LogP contribution >= 0.6 is 0 Å². The maximum absolute atomic E-state index is 12.7. The molecule has 1 amide bonds. The average molecular weight is 309 g/mol. The van der Waals surface area contributed by atoms with Crippen molar-refractivity contribution in [2.45, 2.75) is 32.2 Å². The van der Waals surface area contributed by atoms with Crippen LogP contribution in [-0.2, 0) is 9.59 Å². The highest BCUT2D eigenvalue weighted by Gasteiger charge is 2.17. The van der Waals surface area contributed by atoms with Gasteiger partial charge in [0.05, 0.1) is 6.61 Å². The number of carbonyl (C=O) groups excluding carboxylic acids is 1. The second-order valence-electron chi connectivity index (χ2n) is 4.67. The lowest BCUT2D eigenvalue weighted by Gasteiger charge is -2.12. The van der Waals surface area contributed by atoms with E-state index < -0.39 is 12.0 Å². The molecule has 22 heavy (non-hydrogen) atoms. The molecule has 1 rings (SSSR count). The van der Waals surface area contributed by atoms with Crippen LogP contribution in [0.2, 0.25) is 0 Å². The van der Waals surface area contributed by atoms with Crippen molar-refractivity contribution < 1.29 is 23.8 Å². The first kappa shape index (κ1) is 17.7. The second kappa shape index (κ2) is 9.55. The summed E-state index contributed by atoms with van der Waals surface area (Å²) in [6, 6.07) is 4.68. The van der Waals surface area contributed by atoms with Gasteiger partial charge < -0.3 is 15.2 Å². The summed E-state index contributed by atoms with van der Waals surface area (Å²) in [5.74, 6) is -1.21. The van der Waals surface area contributed by atoms with E-state index in [2.05, 4.69) is 5.32 Å². The fourth-order valence-corrected chi connectivity index (χ4v) is 1.71. The molecule has 0 saturated heterocycles. The number of rotatable bonds is 9. The van der Waals surface area contributed by atoms with Crippen LogP contribution < -0.4 is 10.1 Å². The Morgan fingerprint density at radius 3 is 2.64 bits per heavy atom. The van der Waals surface area contributed by atoms with Crippen LogP contribution in [0.15, 0.2) is 36.4 Å². The number of hydrogen-bond donors (Lipinski definition) is 2. The van der Waals surface area contributed by atoms with Crippen molar-refractivity contribution in [1.29, 1.82) is 0 Å². The second-order valence-corrected chi connectivity index (χ2v) is 4.67. The Balaban J connectivity index is 2.27. The molecule has 0 aliphatic carbocycles. The van der Waals surface area contributed by atoms with Crippen molar-refractivity contribution >= 4 is 11.9 Å². The molecule has 0 aliphatic heterocycles. The zero-order chi connectivity index (χ0) is 16.4. The minimum absolute atomic E-state index is 0.167. The first-order valence-corrected chi connectivity index (χ1v) is 7.04. The summed E-state index contributed by atoms with van der Waals surface area (Å²) >= 11 is 0. The average Bonchev–Trinajstić information content (AvgIpc) is 2.49. The highest BCUT2D eigenvalue weighted by Crippen LogP contribution is 2.11. The summed E-state index contributed by atoms with van der Waals surface area (Å²) in [7, 11) is 0. The fourth-order valence-electron chi connectivity index (χ4n) is 1.71. The van der Waals surface area contributed by atoms with Gasteiger partial charge >= 0.3 is 5.97 Å². The smallest absolute Gasteiger partial charge is 0.326 e. The van der Waals surface area contributed by atoms with Gasteiger partial charge in [0.15, 0.2) is 0 Å². The van der Waals surface area contributed by atoms with Crippen LogP contribution in [0.4, 0.5) is 4.39 Å². The molecule has 5 nitrogen and oxygen atoms in total. The maximum Gasteiger partial charge on any atom is 0.326 e. The summed E-state index contributed by atoms with van der Waals surface area (Å²) in [5, 5.41) is 11.5. The topological polar surface area (TPSA) is 75.6 Å². The van der Waals surface area contributed by atoms with E-state index in [1.54, 1.807) is 19.1 Å². The van der Waals surface area contributed by atoms with Crippen LogP contribution in [0.5, 0.6) is 5.75 Å². The van der Waals surface area contributed by atoms with Gasteiger partial charge in [0.2, 0.25) is 5.91 Å². The van der Waals surface area contributed by atoms with Crippen LogP contribution in [0.25, 0.3) is 0 Å². The minimum atomic E-state index is -1.06. The van der Waals surface area contributed by atoms with E-state index in [1.807, 2.05) is 0 Å². The van der Waals surface area contributed by atoms with Gasteiger partial charge in [-0.15, -0.1) is 0 Å². The predicted octanol–water partition coefficient (Wildman–Crippen LogP) is 2.52. The van der Waals surface area contributed by atoms with Gasteiger partial charge in [-0.1, -0.05) is 12.2 Å². The molecule has 0 spiro atoms. The van der Waals surface area contributed by atoms with Gasteiger partial charge in [0.1, 0.15) is 17.6 Å². The van der Waals surface area contributed by atoms with Crippen LogP contribution in [0.1, 0.15) is 26.2 Å². The summed E-state index contributed by atoms with van der Waals surface area (Å²) in [5.41, 5.74) is 0. The van der Waals surface area contributed by atoms with E-state index in [0.29, 0.717) is 18.8 Å². The van der Waals surface area contributed by atoms with Crippen LogP contribution in [0, 0.1) is 5.82 Å². The molecule has 0 fully saturated rings. The van der Waals surface area contributed by atoms with E-state index in [1.165, 1.54) is 24.3 Å². The third-order valence-electron chi connectivity index (χ3n) is 2.87. The number of carboxylic acids is 1. The monoisotopic (exact) mass is 309 g/mol. The van der Waals surface area contributed by atoms with Gasteiger partial charge in [0, 0.05) is 6.42 Å². The molecule has 6 heteroatoms.